The maximum atomic E-state index is 13.2. The van der Waals surface area contributed by atoms with Gasteiger partial charge in [0.2, 0.25) is 0 Å². The quantitative estimate of drug-likeness (QED) is 0.670. The zero-order valence-corrected chi connectivity index (χ0v) is 18.8. The van der Waals surface area contributed by atoms with Gasteiger partial charge in [0.1, 0.15) is 10.7 Å². The summed E-state index contributed by atoms with van der Waals surface area (Å²) in [4.78, 5) is 32.0. The molecule has 160 valence electrons. The Labute approximate surface area is 184 Å². The number of nitrogens with zero attached hydrogens (tertiary/aromatic N) is 5. The van der Waals surface area contributed by atoms with Crippen LogP contribution in [0.2, 0.25) is 0 Å². The van der Waals surface area contributed by atoms with E-state index in [1.54, 1.807) is 21.7 Å². The molecule has 0 bridgehead atoms. The standard InChI is InChI=1S/C22H24N6O2S/c1-13-7-9-14(10-8-13)19(29)25-21-24-18-17(31-21)16(26-28(18)22(2,3)4)20(30)27-11-5-6-15(27)12-23/h7-10,15H,5-6,11H2,1-4H3,(H,24,25,29)/t15-/m0/s1. The second-order valence-corrected chi connectivity index (χ2v) is 9.71. The zero-order valence-electron chi connectivity index (χ0n) is 18.0. The molecule has 9 heteroatoms. The van der Waals surface area contributed by atoms with E-state index in [0.717, 1.165) is 12.0 Å². The highest BCUT2D eigenvalue weighted by Gasteiger charge is 2.34. The van der Waals surface area contributed by atoms with Gasteiger partial charge in [-0.05, 0) is 52.7 Å². The third-order valence-corrected chi connectivity index (χ3v) is 6.23. The molecule has 1 atom stereocenters. The molecule has 0 radical (unpaired) electrons. The Balaban J connectivity index is 1.72. The van der Waals surface area contributed by atoms with Crippen LogP contribution in [0, 0.1) is 18.3 Å². The summed E-state index contributed by atoms with van der Waals surface area (Å²) in [5.41, 5.74) is 2.02. The summed E-state index contributed by atoms with van der Waals surface area (Å²) >= 11 is 1.23. The number of anilines is 1. The molecule has 2 amide bonds. The number of aryl methyl sites for hydroxylation is 1. The molecule has 1 fully saturated rings. The first-order valence-electron chi connectivity index (χ1n) is 10.2. The van der Waals surface area contributed by atoms with Crippen molar-refractivity contribution < 1.29 is 9.59 Å². The lowest BCUT2D eigenvalue weighted by Crippen LogP contribution is -2.35. The van der Waals surface area contributed by atoms with Gasteiger partial charge < -0.3 is 4.90 Å². The number of nitriles is 1. The number of rotatable bonds is 3. The van der Waals surface area contributed by atoms with E-state index in [1.165, 1.54) is 11.3 Å². The van der Waals surface area contributed by atoms with Gasteiger partial charge in [-0.3, -0.25) is 14.9 Å². The van der Waals surface area contributed by atoms with Gasteiger partial charge in [0.05, 0.1) is 11.6 Å². The van der Waals surface area contributed by atoms with E-state index in [1.807, 2.05) is 39.8 Å². The van der Waals surface area contributed by atoms with E-state index in [0.29, 0.717) is 34.0 Å². The molecule has 3 heterocycles. The number of aromatic nitrogens is 3. The van der Waals surface area contributed by atoms with Crippen LogP contribution < -0.4 is 5.32 Å². The molecular formula is C22H24N6O2S. The average Bonchev–Trinajstić information content (AvgIpc) is 3.41. The Morgan fingerprint density at radius 2 is 1.97 bits per heavy atom. The second-order valence-electron chi connectivity index (χ2n) is 8.71. The first-order chi connectivity index (χ1) is 14.7. The summed E-state index contributed by atoms with van der Waals surface area (Å²) < 4.78 is 2.33. The van der Waals surface area contributed by atoms with Crippen molar-refractivity contribution in [2.75, 3.05) is 11.9 Å². The molecular weight excluding hydrogens is 412 g/mol. The van der Waals surface area contributed by atoms with Crippen LogP contribution in [0.4, 0.5) is 5.13 Å². The minimum atomic E-state index is -0.434. The molecule has 1 aliphatic rings. The van der Waals surface area contributed by atoms with Crippen molar-refractivity contribution in [3.8, 4) is 6.07 Å². The fourth-order valence-electron chi connectivity index (χ4n) is 3.62. The lowest BCUT2D eigenvalue weighted by Gasteiger charge is -2.20. The lowest BCUT2D eigenvalue weighted by atomic mass is 10.1. The lowest BCUT2D eigenvalue weighted by molar-refractivity contribution is 0.0759. The van der Waals surface area contributed by atoms with Crippen molar-refractivity contribution in [1.82, 2.24) is 19.7 Å². The third-order valence-electron chi connectivity index (χ3n) is 5.26. The summed E-state index contributed by atoms with van der Waals surface area (Å²) in [5.74, 6) is -0.527. The van der Waals surface area contributed by atoms with Crippen LogP contribution in [0.3, 0.4) is 0 Å². The topological polar surface area (TPSA) is 104 Å². The number of likely N-dealkylation sites (tertiary alicyclic amines) is 1. The second kappa shape index (κ2) is 7.78. The van der Waals surface area contributed by atoms with Crippen molar-refractivity contribution in [1.29, 1.82) is 5.26 Å². The largest absolute Gasteiger partial charge is 0.321 e. The Morgan fingerprint density at radius 3 is 2.61 bits per heavy atom. The van der Waals surface area contributed by atoms with Crippen LogP contribution in [0.1, 0.15) is 60.0 Å². The van der Waals surface area contributed by atoms with Crippen LogP contribution in [0.15, 0.2) is 24.3 Å². The van der Waals surface area contributed by atoms with Gasteiger partial charge in [0, 0.05) is 12.1 Å². The van der Waals surface area contributed by atoms with Gasteiger partial charge in [-0.1, -0.05) is 29.0 Å². The normalized spacial score (nSPS) is 16.5. The highest BCUT2D eigenvalue weighted by molar-refractivity contribution is 7.22. The van der Waals surface area contributed by atoms with E-state index in [4.69, 9.17) is 0 Å². The van der Waals surface area contributed by atoms with Crippen molar-refractivity contribution in [2.45, 2.75) is 52.1 Å². The number of fused-ring (bicyclic) bond motifs is 1. The number of carbonyl (C=O) groups excluding carboxylic acids is 2. The van der Waals surface area contributed by atoms with E-state index >= 15 is 0 Å². The first-order valence-corrected chi connectivity index (χ1v) is 11.0. The Kier molecular flexibility index (Phi) is 5.27. The van der Waals surface area contributed by atoms with Crippen molar-refractivity contribution in [3.05, 3.63) is 41.1 Å². The van der Waals surface area contributed by atoms with Gasteiger partial charge in [-0.15, -0.1) is 0 Å². The van der Waals surface area contributed by atoms with Crippen molar-refractivity contribution >= 4 is 38.6 Å². The number of nitrogens with one attached hydrogen (secondary N) is 1. The molecule has 0 saturated carbocycles. The summed E-state index contributed by atoms with van der Waals surface area (Å²) in [5, 5.41) is 17.2. The summed E-state index contributed by atoms with van der Waals surface area (Å²) in [7, 11) is 0. The monoisotopic (exact) mass is 436 g/mol. The number of hydrogen-bond donors (Lipinski definition) is 1. The predicted octanol–water partition coefficient (Wildman–Crippen LogP) is 3.94. The molecule has 1 aromatic carbocycles. The van der Waals surface area contributed by atoms with E-state index < -0.39 is 11.6 Å². The third kappa shape index (κ3) is 3.91. The average molecular weight is 437 g/mol. The van der Waals surface area contributed by atoms with Crippen LogP contribution in [0.25, 0.3) is 10.3 Å². The maximum Gasteiger partial charge on any atom is 0.276 e. The fraction of sp³-hybridized carbons (Fsp3) is 0.409. The van der Waals surface area contributed by atoms with Crippen molar-refractivity contribution in [3.63, 3.8) is 0 Å². The van der Waals surface area contributed by atoms with Crippen LogP contribution in [-0.2, 0) is 5.54 Å². The summed E-state index contributed by atoms with van der Waals surface area (Å²) in [6, 6.07) is 9.05. The fourth-order valence-corrected chi connectivity index (χ4v) is 4.54. The molecule has 8 nitrogen and oxygen atoms in total. The van der Waals surface area contributed by atoms with Gasteiger partial charge in [-0.25, -0.2) is 4.68 Å². The number of benzene rings is 1. The van der Waals surface area contributed by atoms with Crippen LogP contribution >= 0.6 is 11.3 Å². The number of hydrogen-bond acceptors (Lipinski definition) is 6. The minimum absolute atomic E-state index is 0.261. The minimum Gasteiger partial charge on any atom is -0.321 e. The molecule has 1 N–H and O–H groups in total. The van der Waals surface area contributed by atoms with Gasteiger partial charge in [0.25, 0.3) is 11.8 Å². The highest BCUT2D eigenvalue weighted by Crippen LogP contribution is 2.34. The Morgan fingerprint density at radius 1 is 1.26 bits per heavy atom. The van der Waals surface area contributed by atoms with E-state index in [-0.39, 0.29) is 17.5 Å². The smallest absolute Gasteiger partial charge is 0.276 e. The molecule has 0 unspecified atom stereocenters. The first kappa shape index (κ1) is 21.0. The molecule has 3 aromatic rings. The molecule has 2 aromatic heterocycles. The van der Waals surface area contributed by atoms with Gasteiger partial charge in [-0.2, -0.15) is 15.3 Å². The molecule has 1 saturated heterocycles. The number of thiazole rings is 1. The number of carbonyl (C=O) groups is 2. The van der Waals surface area contributed by atoms with Crippen LogP contribution in [0.5, 0.6) is 0 Å². The molecule has 4 rings (SSSR count). The highest BCUT2D eigenvalue weighted by atomic mass is 32.1. The van der Waals surface area contributed by atoms with E-state index in [2.05, 4.69) is 21.5 Å². The van der Waals surface area contributed by atoms with Gasteiger partial charge in [0.15, 0.2) is 16.5 Å². The SMILES string of the molecule is Cc1ccc(C(=O)Nc2nc3c(s2)c(C(=O)N2CCC[C@H]2C#N)nn3C(C)(C)C)cc1. The molecule has 1 aliphatic heterocycles. The Bertz CT molecular complexity index is 1200. The molecule has 31 heavy (non-hydrogen) atoms. The van der Waals surface area contributed by atoms with E-state index in [9.17, 15) is 14.9 Å². The summed E-state index contributed by atoms with van der Waals surface area (Å²) in [6.07, 6.45) is 1.47. The molecule has 0 spiro atoms. The summed E-state index contributed by atoms with van der Waals surface area (Å²) in [6.45, 7) is 8.43. The zero-order chi connectivity index (χ0) is 22.3. The maximum absolute atomic E-state index is 13.2. The predicted molar refractivity (Wildman–Crippen MR) is 119 cm³/mol. The van der Waals surface area contributed by atoms with Gasteiger partial charge >= 0.3 is 0 Å². The van der Waals surface area contributed by atoms with Crippen molar-refractivity contribution in [2.24, 2.45) is 0 Å². The van der Waals surface area contributed by atoms with Crippen LogP contribution in [-0.4, -0.2) is 44.1 Å². The number of amides is 2. The molecule has 0 aliphatic carbocycles. The Hall–Kier alpha value is -3.25.